The Morgan fingerprint density at radius 2 is 1.37 bits per heavy atom. The Hall–Kier alpha value is -4.04. The quantitative estimate of drug-likeness (QED) is 0.0637. The first-order chi connectivity index (χ1) is 31.0. The van der Waals surface area contributed by atoms with E-state index in [1.54, 1.807) is 19.9 Å². The number of methoxy groups -OCH3 is 1. The van der Waals surface area contributed by atoms with Crippen molar-refractivity contribution in [3.8, 4) is 0 Å². The normalized spacial score (nSPS) is 42.4. The molecule has 3 saturated heterocycles. The minimum atomic E-state index is -1.77. The van der Waals surface area contributed by atoms with Crippen LogP contribution in [0, 0.1) is 35.5 Å². The van der Waals surface area contributed by atoms with Crippen LogP contribution in [0.25, 0.3) is 0 Å². The van der Waals surface area contributed by atoms with Crippen molar-refractivity contribution in [1.29, 1.82) is 0 Å². The van der Waals surface area contributed by atoms with Gasteiger partial charge in [-0.25, -0.2) is 9.59 Å². The summed E-state index contributed by atoms with van der Waals surface area (Å²) in [6.07, 6.45) is -14.6. The van der Waals surface area contributed by atoms with Crippen LogP contribution >= 0.6 is 0 Å². The summed E-state index contributed by atoms with van der Waals surface area (Å²) in [6.45, 7) is 5.29. The zero-order valence-electron chi connectivity index (χ0n) is 36.5. The van der Waals surface area contributed by atoms with Crippen LogP contribution in [0.2, 0.25) is 0 Å². The monoisotopic (exact) mass is 928 g/mol. The van der Waals surface area contributed by atoms with E-state index in [0.717, 1.165) is 19.6 Å². The summed E-state index contributed by atoms with van der Waals surface area (Å²) in [6, 6.07) is 0. The molecule has 1 aliphatic carbocycles. The topological polar surface area (TPSA) is 322 Å². The molecule has 4 fully saturated rings. The zero-order chi connectivity index (χ0) is 47.4. The van der Waals surface area contributed by atoms with Crippen molar-refractivity contribution in [3.05, 3.63) is 47.0 Å². The number of fused-ring (bicyclic) bond motifs is 3. The summed E-state index contributed by atoms with van der Waals surface area (Å²) in [5.41, 5.74) is 0.427. The third-order valence-electron chi connectivity index (χ3n) is 13.3. The Labute approximate surface area is 373 Å². The molecular weight excluding hydrogens is 868 g/mol. The third kappa shape index (κ3) is 10.6. The standard InChI is InChI=1S/C43H60O22/c1-6-19-22(25(38(54)56-5)15-59-40(19)64-42-36(52)34(50)32(48)28(11-44)62-42)9-30(46)57-14-24-18(4)27-8-21(24)17(3)13-58-39(55)26-16-60-41(20(7-2)23(26)10-31(47)61-27)65-43-37(53)35(51)33(49)29(12-45)63-43/h6-7,15-18,21-24,27-29,32-37,40-45,48-53H,8-14H2,1-5H3/b19-6+,20-7+/t17-,18-,21+,22+,23+,24-,27+,28-,29-,32-,33-,34+,35+,36-,37-,40+,41+,42+,43+/m1/s1. The van der Waals surface area contributed by atoms with Crippen LogP contribution in [0.4, 0.5) is 0 Å². The largest absolute Gasteiger partial charge is 0.468 e. The number of hydrogen-bond donors (Lipinski definition) is 8. The van der Waals surface area contributed by atoms with Crippen LogP contribution in [0.5, 0.6) is 0 Å². The van der Waals surface area contributed by atoms with E-state index in [2.05, 4.69) is 0 Å². The van der Waals surface area contributed by atoms with Crippen molar-refractivity contribution in [2.45, 2.75) is 127 Å². The van der Waals surface area contributed by atoms with Crippen LogP contribution < -0.4 is 0 Å². The molecule has 65 heavy (non-hydrogen) atoms. The number of aliphatic hydroxyl groups is 8. The van der Waals surface area contributed by atoms with E-state index in [-0.39, 0.29) is 59.7 Å². The van der Waals surface area contributed by atoms with E-state index in [9.17, 15) is 60.0 Å². The highest BCUT2D eigenvalue weighted by molar-refractivity contribution is 5.91. The van der Waals surface area contributed by atoms with Crippen LogP contribution in [0.3, 0.4) is 0 Å². The highest BCUT2D eigenvalue weighted by Gasteiger charge is 2.51. The Morgan fingerprint density at radius 3 is 1.92 bits per heavy atom. The van der Waals surface area contributed by atoms with Gasteiger partial charge in [-0.3, -0.25) is 9.59 Å². The first-order valence-electron chi connectivity index (χ1n) is 21.5. The molecule has 2 bridgehead atoms. The highest BCUT2D eigenvalue weighted by atomic mass is 16.8. The van der Waals surface area contributed by atoms with Gasteiger partial charge in [0.15, 0.2) is 12.6 Å². The molecule has 0 aromatic carbocycles. The van der Waals surface area contributed by atoms with Gasteiger partial charge in [-0.05, 0) is 38.0 Å². The fourth-order valence-electron chi connectivity index (χ4n) is 9.35. The second-order valence-electron chi connectivity index (χ2n) is 17.0. The lowest BCUT2D eigenvalue weighted by atomic mass is 9.83. The number of carbonyl (C=O) groups excluding carboxylic acids is 4. The van der Waals surface area contributed by atoms with Crippen molar-refractivity contribution in [1.82, 2.24) is 0 Å². The molecule has 0 amide bonds. The molecule has 19 atom stereocenters. The summed E-state index contributed by atoms with van der Waals surface area (Å²) in [5, 5.41) is 81.4. The lowest BCUT2D eigenvalue weighted by Gasteiger charge is -2.42. The number of rotatable bonds is 11. The molecule has 8 N–H and O–H groups in total. The van der Waals surface area contributed by atoms with Gasteiger partial charge >= 0.3 is 23.9 Å². The van der Waals surface area contributed by atoms with Gasteiger partial charge in [0, 0.05) is 28.9 Å². The molecule has 0 aromatic heterocycles. The fraction of sp³-hybridized carbons (Fsp3) is 0.721. The van der Waals surface area contributed by atoms with Gasteiger partial charge in [0.25, 0.3) is 0 Å². The zero-order valence-corrected chi connectivity index (χ0v) is 36.5. The van der Waals surface area contributed by atoms with Gasteiger partial charge in [-0.2, -0.15) is 0 Å². The molecule has 6 rings (SSSR count). The SMILES string of the molecule is C/C=C1/[C@H](O[C@@H]2O[C@H](CO)[C@@H](O)[C@H](O)[C@H]2O)OC=C(C(=O)OC)[C@H]1CC(=O)OC[C@@H]1[C@@H](C)[C@@H]2C[C@H]1[C@H](C)COC(=O)C1=CO[C@@H](O[C@@H]3O[C@H](CO)[C@@H](O)[C@H](O)[C@H]3O)/C(=C/C)[C@@H]1CC(=O)O2. The minimum absolute atomic E-state index is 0.0165. The number of cyclic esters (lactones) is 1. The van der Waals surface area contributed by atoms with Crippen molar-refractivity contribution < 1.29 is 107 Å². The Bertz CT molecular complexity index is 1840. The van der Waals surface area contributed by atoms with Crippen LogP contribution in [-0.4, -0.2) is 178 Å². The lowest BCUT2D eigenvalue weighted by Crippen LogP contribution is -2.60. The lowest BCUT2D eigenvalue weighted by molar-refractivity contribution is -0.327. The van der Waals surface area contributed by atoms with Gasteiger partial charge < -0.3 is 88.2 Å². The van der Waals surface area contributed by atoms with Gasteiger partial charge in [0.05, 0.1) is 70.0 Å². The molecule has 1 saturated carbocycles. The molecular formula is C43H60O22. The maximum Gasteiger partial charge on any atom is 0.337 e. The predicted molar refractivity (Wildman–Crippen MR) is 213 cm³/mol. The van der Waals surface area contributed by atoms with E-state index >= 15 is 0 Å². The molecule has 0 aromatic rings. The van der Waals surface area contributed by atoms with Gasteiger partial charge in [-0.15, -0.1) is 0 Å². The molecule has 5 aliphatic heterocycles. The maximum atomic E-state index is 13.8. The van der Waals surface area contributed by atoms with E-state index in [1.807, 2.05) is 13.8 Å². The van der Waals surface area contributed by atoms with Crippen LogP contribution in [0.15, 0.2) is 47.0 Å². The third-order valence-corrected chi connectivity index (χ3v) is 13.3. The molecule has 0 unspecified atom stereocenters. The molecule has 6 aliphatic rings. The molecule has 22 nitrogen and oxygen atoms in total. The van der Waals surface area contributed by atoms with Crippen molar-refractivity contribution in [3.63, 3.8) is 0 Å². The number of carbonyl (C=O) groups is 4. The average Bonchev–Trinajstić information content (AvgIpc) is 3.60. The Kier molecular flexibility index (Phi) is 16.8. The first-order valence-corrected chi connectivity index (χ1v) is 21.5. The summed E-state index contributed by atoms with van der Waals surface area (Å²) in [4.78, 5) is 54.1. The fourth-order valence-corrected chi connectivity index (χ4v) is 9.35. The number of ether oxygens (including phenoxy) is 10. The summed E-state index contributed by atoms with van der Waals surface area (Å²) >= 11 is 0. The van der Waals surface area contributed by atoms with E-state index in [4.69, 9.17) is 47.4 Å². The molecule has 364 valence electrons. The maximum absolute atomic E-state index is 13.8. The second-order valence-corrected chi connectivity index (χ2v) is 17.0. The van der Waals surface area contributed by atoms with Gasteiger partial charge in [-0.1, -0.05) is 26.0 Å². The Morgan fingerprint density at radius 1 is 0.800 bits per heavy atom. The van der Waals surface area contributed by atoms with Crippen molar-refractivity contribution in [2.75, 3.05) is 33.5 Å². The second kappa shape index (κ2) is 21.7. The Balaban J connectivity index is 1.14. The number of aliphatic hydroxyl groups excluding tert-OH is 8. The van der Waals surface area contributed by atoms with E-state index in [0.29, 0.717) is 6.42 Å². The molecule has 0 spiro atoms. The van der Waals surface area contributed by atoms with Crippen molar-refractivity contribution >= 4 is 23.9 Å². The first kappa shape index (κ1) is 50.4. The number of hydrogen-bond acceptors (Lipinski definition) is 22. The minimum Gasteiger partial charge on any atom is -0.468 e. The van der Waals surface area contributed by atoms with Crippen LogP contribution in [0.1, 0.15) is 47.0 Å². The summed E-state index contributed by atoms with van der Waals surface area (Å²) in [7, 11) is 1.14. The molecule has 22 heteroatoms. The van der Waals surface area contributed by atoms with Gasteiger partial charge in [0.2, 0.25) is 12.6 Å². The number of allylic oxidation sites excluding steroid dienone is 2. The molecule has 0 radical (unpaired) electrons. The van der Waals surface area contributed by atoms with E-state index < -0.39 is 141 Å². The highest BCUT2D eigenvalue weighted by Crippen LogP contribution is 2.45. The van der Waals surface area contributed by atoms with E-state index in [1.165, 1.54) is 6.08 Å². The van der Waals surface area contributed by atoms with Gasteiger partial charge in [0.1, 0.15) is 54.9 Å². The summed E-state index contributed by atoms with van der Waals surface area (Å²) in [5.74, 6) is -6.39. The van der Waals surface area contributed by atoms with Crippen LogP contribution in [-0.2, 0) is 66.5 Å². The smallest absolute Gasteiger partial charge is 0.337 e. The van der Waals surface area contributed by atoms with Crippen molar-refractivity contribution in [2.24, 2.45) is 35.5 Å². The predicted octanol–water partition coefficient (Wildman–Crippen LogP) is -1.90. The molecule has 5 heterocycles. The summed E-state index contributed by atoms with van der Waals surface area (Å²) < 4.78 is 56.8. The average molecular weight is 929 g/mol. The number of esters is 4.